The van der Waals surface area contributed by atoms with Crippen LogP contribution in [-0.2, 0) is 44.5 Å². The molecule has 4 amide bonds. The molecule has 73 heavy (non-hydrogen) atoms. The Hall–Kier alpha value is -8.39. The topological polar surface area (TPSA) is 156 Å². The van der Waals surface area contributed by atoms with Crippen LogP contribution in [0.2, 0.25) is 0 Å². The van der Waals surface area contributed by atoms with Crippen molar-refractivity contribution in [3.05, 3.63) is 172 Å². The van der Waals surface area contributed by atoms with Gasteiger partial charge in [0.2, 0.25) is 6.33 Å². The summed E-state index contributed by atoms with van der Waals surface area (Å²) in [6.07, 6.45) is -3.58. The summed E-state index contributed by atoms with van der Waals surface area (Å²) in [5.41, 5.74) is -0.474. The second-order valence-corrected chi connectivity index (χ2v) is 17.0. The van der Waals surface area contributed by atoms with Gasteiger partial charge in [-0.05, 0) is 99.5 Å². The molecule has 3 heterocycles. The fraction of sp³-hybridized carbons (Fsp3) is 0.302. The van der Waals surface area contributed by atoms with Crippen LogP contribution in [0.25, 0.3) is 0 Å². The number of allylic oxidation sites excluding steroid dienone is 2. The van der Waals surface area contributed by atoms with E-state index < -0.39 is 59.6 Å². The lowest BCUT2D eigenvalue weighted by atomic mass is 9.92. The van der Waals surface area contributed by atoms with E-state index in [2.05, 4.69) is 0 Å². The average Bonchev–Trinajstić information content (AvgIpc) is 3.82. The first-order chi connectivity index (χ1) is 34.8. The number of urea groups is 2. The van der Waals surface area contributed by atoms with Crippen molar-refractivity contribution in [3.63, 3.8) is 0 Å². The third kappa shape index (κ3) is 11.2. The third-order valence-corrected chi connectivity index (χ3v) is 12.4. The molecule has 2 aliphatic rings. The van der Waals surface area contributed by atoms with Crippen LogP contribution in [0.1, 0.15) is 86.0 Å². The van der Waals surface area contributed by atoms with E-state index in [-0.39, 0.29) is 73.1 Å². The van der Waals surface area contributed by atoms with Gasteiger partial charge < -0.3 is 19.3 Å². The molecular formula is C53H49F6N8O6+. The molecule has 2 atom stereocenters. The van der Waals surface area contributed by atoms with E-state index in [0.29, 0.717) is 35.3 Å². The molecule has 0 bridgehead atoms. The zero-order valence-electron chi connectivity index (χ0n) is 40.1. The fourth-order valence-electron chi connectivity index (χ4n) is 9.07. The number of amides is 4. The molecule has 0 fully saturated rings. The lowest BCUT2D eigenvalue weighted by molar-refractivity contribution is -0.696. The summed E-state index contributed by atoms with van der Waals surface area (Å²) in [7, 11) is 0. The summed E-state index contributed by atoms with van der Waals surface area (Å²) in [5, 5.41) is 19.0. The van der Waals surface area contributed by atoms with Crippen LogP contribution in [0.15, 0.2) is 138 Å². The maximum atomic E-state index is 14.7. The number of ether oxygens (including phenoxy) is 2. The number of halogens is 6. The van der Waals surface area contributed by atoms with Gasteiger partial charge in [-0.15, -0.1) is 0 Å². The normalized spacial score (nSPS) is 16.4. The van der Waals surface area contributed by atoms with Crippen LogP contribution in [0.5, 0.6) is 0 Å². The predicted octanol–water partition coefficient (Wildman–Crippen LogP) is 10.4. The van der Waals surface area contributed by atoms with Crippen LogP contribution in [-0.4, -0.2) is 64.7 Å². The van der Waals surface area contributed by atoms with Gasteiger partial charge >= 0.3 is 36.4 Å². The lowest BCUT2D eigenvalue weighted by Crippen LogP contribution is -2.51. The van der Waals surface area contributed by atoms with Crippen molar-refractivity contribution in [1.29, 1.82) is 10.5 Å². The summed E-state index contributed by atoms with van der Waals surface area (Å²) in [5.74, 6) is -1.56. The Labute approximate surface area is 416 Å². The minimum absolute atomic E-state index is 0.000748. The first kappa shape index (κ1) is 52.4. The first-order valence-electron chi connectivity index (χ1n) is 23.2. The Balaban J connectivity index is 1.15. The largest absolute Gasteiger partial charge is 0.463 e. The molecule has 0 N–H and O–H groups in total. The minimum Gasteiger partial charge on any atom is -0.463 e. The highest BCUT2D eigenvalue weighted by Crippen LogP contribution is 2.43. The molecule has 2 aliphatic heterocycles. The number of esters is 2. The number of carbonyl (C=O) groups is 4. The van der Waals surface area contributed by atoms with Gasteiger partial charge in [0, 0.05) is 37.3 Å². The van der Waals surface area contributed by atoms with Gasteiger partial charge in [-0.2, -0.15) is 36.9 Å². The van der Waals surface area contributed by atoms with Gasteiger partial charge in [0.15, 0.2) is 0 Å². The molecule has 4 aromatic carbocycles. The quantitative estimate of drug-likeness (QED) is 0.0537. The van der Waals surface area contributed by atoms with Crippen LogP contribution in [0.4, 0.5) is 47.3 Å². The molecule has 0 aliphatic carbocycles. The summed E-state index contributed by atoms with van der Waals surface area (Å²) < 4.78 is 98.3. The Kier molecular flexibility index (Phi) is 15.8. The number of aromatic nitrogens is 2. The molecule has 0 saturated carbocycles. The third-order valence-electron chi connectivity index (χ3n) is 12.4. The van der Waals surface area contributed by atoms with Crippen LogP contribution < -0.4 is 14.4 Å². The smallest absolute Gasteiger partial charge is 0.416 e. The second-order valence-electron chi connectivity index (χ2n) is 17.0. The zero-order chi connectivity index (χ0) is 52.8. The number of rotatable bonds is 16. The molecule has 20 heteroatoms. The van der Waals surface area contributed by atoms with Crippen molar-refractivity contribution in [3.8, 4) is 12.1 Å². The Bertz CT molecular complexity index is 2840. The molecule has 0 saturated heterocycles. The lowest BCUT2D eigenvalue weighted by Gasteiger charge is -2.43. The van der Waals surface area contributed by atoms with E-state index in [0.717, 1.165) is 34.1 Å². The number of imidazole rings is 1. The second kappa shape index (κ2) is 21.9. The molecule has 0 radical (unpaired) electrons. The highest BCUT2D eigenvalue weighted by molar-refractivity contribution is 6.04. The van der Waals surface area contributed by atoms with Crippen LogP contribution in [0.3, 0.4) is 0 Å². The number of nitrogens with zero attached hydrogens (tertiary/aromatic N) is 8. The monoisotopic (exact) mass is 1010 g/mol. The number of carbonyl (C=O) groups excluding carboxylic acids is 4. The van der Waals surface area contributed by atoms with Crippen molar-refractivity contribution in [2.24, 2.45) is 0 Å². The van der Waals surface area contributed by atoms with E-state index in [1.54, 1.807) is 56.8 Å². The van der Waals surface area contributed by atoms with Gasteiger partial charge in [-0.3, -0.25) is 9.80 Å². The minimum atomic E-state index is -4.73. The van der Waals surface area contributed by atoms with Gasteiger partial charge in [-0.25, -0.2) is 28.3 Å². The number of benzene rings is 4. The first-order valence-corrected chi connectivity index (χ1v) is 23.2. The Morgan fingerprint density at radius 3 is 1.45 bits per heavy atom. The average molecular weight is 1010 g/mol. The van der Waals surface area contributed by atoms with E-state index >= 15 is 0 Å². The summed E-state index contributed by atoms with van der Waals surface area (Å²) in [6.45, 7) is 6.69. The van der Waals surface area contributed by atoms with Crippen LogP contribution >= 0.6 is 0 Å². The molecule has 0 spiro atoms. The van der Waals surface area contributed by atoms with Crippen molar-refractivity contribution in [2.45, 2.75) is 78.1 Å². The summed E-state index contributed by atoms with van der Waals surface area (Å²) in [4.78, 5) is 61.9. The fourth-order valence-corrected chi connectivity index (χ4v) is 9.07. The van der Waals surface area contributed by atoms with E-state index in [1.165, 1.54) is 72.2 Å². The zero-order valence-corrected chi connectivity index (χ0v) is 40.1. The number of aryl methyl sites for hydroxylation is 2. The Morgan fingerprint density at radius 1 is 0.630 bits per heavy atom. The molecule has 2 unspecified atom stereocenters. The number of alkyl halides is 6. The molecule has 14 nitrogen and oxygen atoms in total. The standard InChI is InChI=1S/C53H49F6N8O6/c1-5-72-48(68)44-34(3)66(42-13-7-11-40(29-42)52(54,55)56)50(70)64(46(44)38-19-15-36(31-60)16-20-38)25-9-23-62-27-28-63(33-62)24-10-26-65-47(39-21-17-37(32-61)18-22-39)45(49(69)73-6-2)35(4)67(51(65)71)43-14-8-12-41(30-43)53(57,58)59/h7-8,11-22,27-30,33,46-47H,5-6,9-10,23-26H2,1-4H3/q+1. The molecule has 5 aromatic rings. The molecule has 378 valence electrons. The van der Waals surface area contributed by atoms with Crippen LogP contribution in [0, 0.1) is 22.7 Å². The van der Waals surface area contributed by atoms with Gasteiger partial charge in [-0.1, -0.05) is 36.4 Å². The highest BCUT2D eigenvalue weighted by atomic mass is 19.4. The number of hydrogen-bond donors (Lipinski definition) is 0. The molecule has 7 rings (SSSR count). The molecule has 1 aromatic heterocycles. The Morgan fingerprint density at radius 2 is 1.05 bits per heavy atom. The molecular weight excluding hydrogens is 959 g/mol. The van der Waals surface area contributed by atoms with Crippen molar-refractivity contribution in [1.82, 2.24) is 14.4 Å². The maximum Gasteiger partial charge on any atom is 0.416 e. The maximum absolute atomic E-state index is 14.7. The summed E-state index contributed by atoms with van der Waals surface area (Å²) in [6, 6.07) is 21.6. The number of hydrogen-bond acceptors (Lipinski definition) is 8. The number of nitriles is 2. The van der Waals surface area contributed by atoms with Gasteiger partial charge in [0.1, 0.15) is 12.4 Å². The van der Waals surface area contributed by atoms with Gasteiger partial charge in [0.25, 0.3) is 0 Å². The summed E-state index contributed by atoms with van der Waals surface area (Å²) >= 11 is 0. The van der Waals surface area contributed by atoms with Crippen molar-refractivity contribution < 1.29 is 59.6 Å². The van der Waals surface area contributed by atoms with E-state index in [9.17, 15) is 56.0 Å². The van der Waals surface area contributed by atoms with E-state index in [1.807, 2.05) is 21.3 Å². The SMILES string of the molecule is CCOC(=O)C1=C(C)N(c2cccc(C(F)(F)F)c2)C(=O)N(CCCn2cc[n+](CCCN3C(=O)N(c4cccc(C(F)(F)F)c4)C(C)=C(C(=O)OCC)C3c3ccc(C#N)cc3)c2)C1c1ccc(C#N)cc1. The highest BCUT2D eigenvalue weighted by Gasteiger charge is 2.45. The van der Waals surface area contributed by atoms with Gasteiger partial charge in [0.05, 0.1) is 95.3 Å². The van der Waals surface area contributed by atoms with Crippen molar-refractivity contribution in [2.75, 3.05) is 36.1 Å². The predicted molar refractivity (Wildman–Crippen MR) is 252 cm³/mol. The van der Waals surface area contributed by atoms with E-state index in [4.69, 9.17) is 9.47 Å². The van der Waals surface area contributed by atoms with Crippen molar-refractivity contribution >= 4 is 35.4 Å². The number of anilines is 2.